The Morgan fingerprint density at radius 3 is 2.81 bits per heavy atom. The van der Waals surface area contributed by atoms with Crippen molar-refractivity contribution in [3.63, 3.8) is 0 Å². The molecule has 1 amide bonds. The fourth-order valence-electron chi connectivity index (χ4n) is 2.35. The minimum atomic E-state index is 0.103. The number of hydrogen-bond acceptors (Lipinski definition) is 3. The molecular formula is C12H24N2O2. The summed E-state index contributed by atoms with van der Waals surface area (Å²) in [4.78, 5) is 11.2. The van der Waals surface area contributed by atoms with E-state index < -0.39 is 0 Å². The van der Waals surface area contributed by atoms with Gasteiger partial charge in [-0.05, 0) is 25.7 Å². The lowest BCUT2D eigenvalue weighted by atomic mass is 9.85. The molecule has 1 aliphatic carbocycles. The topological polar surface area (TPSA) is 61.4 Å². The van der Waals surface area contributed by atoms with E-state index in [9.17, 15) is 9.90 Å². The SMILES string of the molecule is CCNC(=O)CCN[C@@H]1CCCC[C@@H]1CO. The van der Waals surface area contributed by atoms with Crippen molar-refractivity contribution in [2.24, 2.45) is 5.92 Å². The van der Waals surface area contributed by atoms with E-state index in [1.54, 1.807) is 0 Å². The summed E-state index contributed by atoms with van der Waals surface area (Å²) < 4.78 is 0. The van der Waals surface area contributed by atoms with Crippen LogP contribution in [0.2, 0.25) is 0 Å². The van der Waals surface area contributed by atoms with Crippen molar-refractivity contribution in [1.82, 2.24) is 10.6 Å². The zero-order valence-electron chi connectivity index (χ0n) is 10.2. The molecule has 0 aromatic rings. The van der Waals surface area contributed by atoms with Gasteiger partial charge in [-0.3, -0.25) is 4.79 Å². The van der Waals surface area contributed by atoms with E-state index in [1.807, 2.05) is 6.92 Å². The Balaban J connectivity index is 2.17. The third-order valence-electron chi connectivity index (χ3n) is 3.28. The van der Waals surface area contributed by atoms with Crippen LogP contribution in [0.5, 0.6) is 0 Å². The molecule has 1 saturated carbocycles. The van der Waals surface area contributed by atoms with Gasteiger partial charge in [0.05, 0.1) is 0 Å². The van der Waals surface area contributed by atoms with E-state index in [4.69, 9.17) is 0 Å². The molecule has 1 aliphatic rings. The molecule has 0 bridgehead atoms. The van der Waals surface area contributed by atoms with Crippen molar-refractivity contribution in [2.45, 2.75) is 45.1 Å². The van der Waals surface area contributed by atoms with Crippen LogP contribution in [0.15, 0.2) is 0 Å². The summed E-state index contributed by atoms with van der Waals surface area (Å²) >= 11 is 0. The van der Waals surface area contributed by atoms with Crippen LogP contribution in [0, 0.1) is 5.92 Å². The van der Waals surface area contributed by atoms with Crippen LogP contribution in [0.25, 0.3) is 0 Å². The largest absolute Gasteiger partial charge is 0.396 e. The van der Waals surface area contributed by atoms with Crippen LogP contribution >= 0.6 is 0 Å². The van der Waals surface area contributed by atoms with Crippen molar-refractivity contribution in [1.29, 1.82) is 0 Å². The standard InChI is InChI=1S/C12H24N2O2/c1-2-13-12(16)7-8-14-11-6-4-3-5-10(11)9-15/h10-11,14-15H,2-9H2,1H3,(H,13,16)/t10-,11-/m1/s1. The fraction of sp³-hybridized carbons (Fsp3) is 0.917. The van der Waals surface area contributed by atoms with E-state index in [1.165, 1.54) is 12.8 Å². The Hall–Kier alpha value is -0.610. The lowest BCUT2D eigenvalue weighted by molar-refractivity contribution is -0.120. The molecule has 4 heteroatoms. The maximum absolute atomic E-state index is 11.2. The van der Waals surface area contributed by atoms with Crippen molar-refractivity contribution in [2.75, 3.05) is 19.7 Å². The minimum Gasteiger partial charge on any atom is -0.396 e. The average Bonchev–Trinajstić information content (AvgIpc) is 2.30. The van der Waals surface area contributed by atoms with E-state index in [2.05, 4.69) is 10.6 Å². The molecule has 0 heterocycles. The summed E-state index contributed by atoms with van der Waals surface area (Å²) in [6, 6.07) is 0.396. The van der Waals surface area contributed by atoms with Gasteiger partial charge in [-0.25, -0.2) is 0 Å². The second-order valence-corrected chi connectivity index (χ2v) is 4.49. The van der Waals surface area contributed by atoms with Gasteiger partial charge in [0.25, 0.3) is 0 Å². The summed E-state index contributed by atoms with van der Waals surface area (Å²) in [6.45, 7) is 3.60. The number of carbonyl (C=O) groups excluding carboxylic acids is 1. The van der Waals surface area contributed by atoms with Gasteiger partial charge in [0, 0.05) is 32.2 Å². The van der Waals surface area contributed by atoms with Gasteiger partial charge in [0.2, 0.25) is 5.91 Å². The lowest BCUT2D eigenvalue weighted by Crippen LogP contribution is -2.41. The first-order valence-corrected chi connectivity index (χ1v) is 6.38. The van der Waals surface area contributed by atoms with Gasteiger partial charge in [-0.15, -0.1) is 0 Å². The second-order valence-electron chi connectivity index (χ2n) is 4.49. The molecule has 2 atom stereocenters. The molecule has 0 unspecified atom stereocenters. The molecule has 0 aromatic carbocycles. The Morgan fingerprint density at radius 2 is 2.12 bits per heavy atom. The quantitative estimate of drug-likeness (QED) is 0.625. The van der Waals surface area contributed by atoms with Gasteiger partial charge in [-0.2, -0.15) is 0 Å². The monoisotopic (exact) mass is 228 g/mol. The van der Waals surface area contributed by atoms with Crippen molar-refractivity contribution >= 4 is 5.91 Å². The molecular weight excluding hydrogens is 204 g/mol. The predicted octanol–water partition coefficient (Wildman–Crippen LogP) is 0.653. The molecule has 0 spiro atoms. The Labute approximate surface area is 97.8 Å². The zero-order chi connectivity index (χ0) is 11.8. The predicted molar refractivity (Wildman–Crippen MR) is 64.1 cm³/mol. The summed E-state index contributed by atoms with van der Waals surface area (Å²) in [5.41, 5.74) is 0. The summed E-state index contributed by atoms with van der Waals surface area (Å²) in [5, 5.41) is 15.4. The molecule has 0 aromatic heterocycles. The van der Waals surface area contributed by atoms with E-state index in [0.29, 0.717) is 31.5 Å². The molecule has 1 rings (SSSR count). The second kappa shape index (κ2) is 7.63. The highest BCUT2D eigenvalue weighted by atomic mass is 16.3. The van der Waals surface area contributed by atoms with Crippen molar-refractivity contribution in [3.05, 3.63) is 0 Å². The zero-order valence-corrected chi connectivity index (χ0v) is 10.2. The smallest absolute Gasteiger partial charge is 0.221 e. The molecule has 3 N–H and O–H groups in total. The van der Waals surface area contributed by atoms with Crippen LogP contribution in [-0.2, 0) is 4.79 Å². The Bertz CT molecular complexity index is 209. The highest BCUT2D eigenvalue weighted by molar-refractivity contribution is 5.75. The number of amides is 1. The minimum absolute atomic E-state index is 0.103. The third kappa shape index (κ3) is 4.49. The summed E-state index contributed by atoms with van der Waals surface area (Å²) in [6.07, 6.45) is 5.22. The van der Waals surface area contributed by atoms with Gasteiger partial charge < -0.3 is 15.7 Å². The number of nitrogens with one attached hydrogen (secondary N) is 2. The maximum Gasteiger partial charge on any atom is 0.221 e. The highest BCUT2D eigenvalue weighted by Gasteiger charge is 2.23. The normalized spacial score (nSPS) is 25.4. The molecule has 16 heavy (non-hydrogen) atoms. The van der Waals surface area contributed by atoms with Gasteiger partial charge in [0.1, 0.15) is 0 Å². The Kier molecular flexibility index (Phi) is 6.42. The van der Waals surface area contributed by atoms with E-state index >= 15 is 0 Å². The Morgan fingerprint density at radius 1 is 1.38 bits per heavy atom. The summed E-state index contributed by atoms with van der Waals surface area (Å²) in [5.74, 6) is 0.481. The number of carbonyl (C=O) groups is 1. The number of aliphatic hydroxyl groups is 1. The van der Waals surface area contributed by atoms with Crippen LogP contribution in [0.3, 0.4) is 0 Å². The van der Waals surface area contributed by atoms with Crippen molar-refractivity contribution in [3.8, 4) is 0 Å². The molecule has 94 valence electrons. The third-order valence-corrected chi connectivity index (χ3v) is 3.28. The molecule has 4 nitrogen and oxygen atoms in total. The highest BCUT2D eigenvalue weighted by Crippen LogP contribution is 2.23. The number of aliphatic hydroxyl groups excluding tert-OH is 1. The molecule has 1 fully saturated rings. The summed E-state index contributed by atoms with van der Waals surface area (Å²) in [7, 11) is 0. The van der Waals surface area contributed by atoms with E-state index in [-0.39, 0.29) is 12.5 Å². The van der Waals surface area contributed by atoms with Gasteiger partial charge in [0.15, 0.2) is 0 Å². The van der Waals surface area contributed by atoms with Crippen molar-refractivity contribution < 1.29 is 9.90 Å². The molecule has 0 radical (unpaired) electrons. The lowest BCUT2D eigenvalue weighted by Gasteiger charge is -2.31. The maximum atomic E-state index is 11.2. The average molecular weight is 228 g/mol. The van der Waals surface area contributed by atoms with Crippen LogP contribution in [0.1, 0.15) is 39.0 Å². The van der Waals surface area contributed by atoms with Gasteiger partial charge in [-0.1, -0.05) is 12.8 Å². The van der Waals surface area contributed by atoms with Crippen LogP contribution in [0.4, 0.5) is 0 Å². The van der Waals surface area contributed by atoms with Crippen LogP contribution < -0.4 is 10.6 Å². The first-order valence-electron chi connectivity index (χ1n) is 6.38. The number of rotatable bonds is 6. The van der Waals surface area contributed by atoms with E-state index in [0.717, 1.165) is 12.8 Å². The van der Waals surface area contributed by atoms with Gasteiger partial charge >= 0.3 is 0 Å². The fourth-order valence-corrected chi connectivity index (χ4v) is 2.35. The number of hydrogen-bond donors (Lipinski definition) is 3. The first kappa shape index (κ1) is 13.5. The molecule has 0 saturated heterocycles. The van der Waals surface area contributed by atoms with Crippen LogP contribution in [-0.4, -0.2) is 36.8 Å². The first-order chi connectivity index (χ1) is 7.77. The molecule has 0 aliphatic heterocycles.